The van der Waals surface area contributed by atoms with E-state index in [0.29, 0.717) is 29.9 Å². The Morgan fingerprint density at radius 2 is 1.86 bits per heavy atom. The monoisotopic (exact) mass is 500 g/mol. The maximum absolute atomic E-state index is 12.9. The number of benzene rings is 2. The number of carboxylic acid groups (broad SMARTS) is 1. The van der Waals surface area contributed by atoms with Crippen molar-refractivity contribution in [3.63, 3.8) is 0 Å². The molecule has 3 aromatic rings. The standard InChI is InChI=1S/C26H23F3N2O3S/c1-14-11-17(15(2)30-23(14)16-5-7-18(8-6-16)26(27,28)29)12-22-31-20-10-9-19(13-21(20)35-22)34-25(3,4)24(32)33/h5-10,13H,1,11-12H2,2-4H3,(H,32,33). The molecule has 1 aromatic heterocycles. The van der Waals surface area contributed by atoms with Gasteiger partial charge in [-0.05, 0) is 68.7 Å². The van der Waals surface area contributed by atoms with Crippen LogP contribution >= 0.6 is 11.3 Å². The van der Waals surface area contributed by atoms with Crippen molar-refractivity contribution in [2.24, 2.45) is 4.99 Å². The lowest BCUT2D eigenvalue weighted by Gasteiger charge is -2.21. The molecule has 0 aliphatic carbocycles. The van der Waals surface area contributed by atoms with Gasteiger partial charge >= 0.3 is 12.1 Å². The molecule has 0 amide bonds. The molecule has 1 aliphatic heterocycles. The van der Waals surface area contributed by atoms with Crippen molar-refractivity contribution >= 4 is 33.2 Å². The fraction of sp³-hybridized carbons (Fsp3) is 0.269. The number of fused-ring (bicyclic) bond motifs is 1. The lowest BCUT2D eigenvalue weighted by molar-refractivity contribution is -0.152. The molecule has 0 spiro atoms. The van der Waals surface area contributed by atoms with E-state index in [4.69, 9.17) is 4.74 Å². The molecule has 2 aromatic carbocycles. The van der Waals surface area contributed by atoms with Crippen LogP contribution in [0.1, 0.15) is 43.3 Å². The Balaban J connectivity index is 1.56. The van der Waals surface area contributed by atoms with E-state index in [0.717, 1.165) is 44.2 Å². The molecule has 0 saturated heterocycles. The fourth-order valence-corrected chi connectivity index (χ4v) is 4.72. The zero-order valence-electron chi connectivity index (χ0n) is 19.4. The summed E-state index contributed by atoms with van der Waals surface area (Å²) in [6.45, 7) is 8.95. The Kier molecular flexibility index (Phi) is 6.31. The Bertz CT molecular complexity index is 1380. The number of ether oxygens (including phenoxy) is 1. The zero-order valence-corrected chi connectivity index (χ0v) is 20.2. The molecule has 1 N–H and O–H groups in total. The van der Waals surface area contributed by atoms with Crippen LogP contribution in [0.15, 0.2) is 70.9 Å². The molecule has 1 aliphatic rings. The zero-order chi connectivity index (χ0) is 25.5. The van der Waals surface area contributed by atoms with Crippen LogP contribution in [0.25, 0.3) is 10.2 Å². The van der Waals surface area contributed by atoms with Crippen LogP contribution in [0.3, 0.4) is 0 Å². The summed E-state index contributed by atoms with van der Waals surface area (Å²) >= 11 is 1.49. The SMILES string of the molecule is C=C1CC(Cc2nc3ccc(OC(C)(C)C(=O)O)cc3s2)=C(C)N=C1c1ccc(C(F)(F)F)cc1. The van der Waals surface area contributed by atoms with Crippen LogP contribution in [0.4, 0.5) is 13.2 Å². The van der Waals surface area contributed by atoms with Crippen LogP contribution in [-0.2, 0) is 17.4 Å². The molecule has 5 nitrogen and oxygen atoms in total. The van der Waals surface area contributed by atoms with E-state index in [1.807, 2.05) is 6.92 Å². The molecule has 0 atom stereocenters. The lowest BCUT2D eigenvalue weighted by Crippen LogP contribution is -2.37. The third-order valence-electron chi connectivity index (χ3n) is 5.70. The average Bonchev–Trinajstić information content (AvgIpc) is 3.16. The number of aromatic nitrogens is 1. The van der Waals surface area contributed by atoms with Gasteiger partial charge in [-0.2, -0.15) is 13.2 Å². The second-order valence-electron chi connectivity index (χ2n) is 8.84. The molecule has 9 heteroatoms. The summed E-state index contributed by atoms with van der Waals surface area (Å²) in [6.07, 6.45) is -3.28. The Morgan fingerprint density at radius 1 is 1.17 bits per heavy atom. The normalized spacial score (nSPS) is 14.9. The van der Waals surface area contributed by atoms with Gasteiger partial charge in [0.05, 0.1) is 26.5 Å². The highest BCUT2D eigenvalue weighted by Crippen LogP contribution is 2.34. The number of alkyl halides is 3. The first kappa shape index (κ1) is 24.7. The molecule has 4 rings (SSSR count). The van der Waals surface area contributed by atoms with E-state index in [1.54, 1.807) is 18.2 Å². The van der Waals surface area contributed by atoms with Crippen molar-refractivity contribution in [3.8, 4) is 5.75 Å². The first-order valence-electron chi connectivity index (χ1n) is 10.8. The second kappa shape index (κ2) is 8.96. The highest BCUT2D eigenvalue weighted by molar-refractivity contribution is 7.18. The molecule has 0 radical (unpaired) electrons. The molecule has 35 heavy (non-hydrogen) atoms. The molecule has 0 unspecified atom stereocenters. The van der Waals surface area contributed by atoms with Crippen LogP contribution < -0.4 is 4.74 Å². The average molecular weight is 501 g/mol. The fourth-order valence-electron chi connectivity index (χ4n) is 3.68. The lowest BCUT2D eigenvalue weighted by atomic mass is 9.92. The summed E-state index contributed by atoms with van der Waals surface area (Å²) in [5.41, 5.74) is 2.48. The van der Waals surface area contributed by atoms with E-state index in [1.165, 1.54) is 37.3 Å². The molecular formula is C26H23F3N2O3S. The number of nitrogens with zero attached hydrogens (tertiary/aromatic N) is 2. The van der Waals surface area contributed by atoms with Gasteiger partial charge in [0.15, 0.2) is 5.60 Å². The quantitative estimate of drug-likeness (QED) is 0.403. The number of hydrogen-bond acceptors (Lipinski definition) is 5. The maximum atomic E-state index is 12.9. The predicted octanol–water partition coefficient (Wildman–Crippen LogP) is 6.82. The van der Waals surface area contributed by atoms with Gasteiger partial charge in [-0.3, -0.25) is 4.99 Å². The van der Waals surface area contributed by atoms with Gasteiger partial charge in [-0.1, -0.05) is 18.7 Å². The first-order chi connectivity index (χ1) is 16.3. The van der Waals surface area contributed by atoms with Crippen molar-refractivity contribution < 1.29 is 27.8 Å². The largest absolute Gasteiger partial charge is 0.478 e. The Morgan fingerprint density at radius 3 is 2.49 bits per heavy atom. The summed E-state index contributed by atoms with van der Waals surface area (Å²) in [4.78, 5) is 20.7. The number of aliphatic imine (C=N–C) groups is 1. The number of halogens is 3. The van der Waals surface area contributed by atoms with Crippen molar-refractivity contribution in [3.05, 3.63) is 82.0 Å². The molecule has 0 fully saturated rings. The van der Waals surface area contributed by atoms with Crippen molar-refractivity contribution in [1.29, 1.82) is 0 Å². The number of carboxylic acids is 1. The first-order valence-corrected chi connectivity index (χ1v) is 11.6. The van der Waals surface area contributed by atoms with Gasteiger partial charge in [0, 0.05) is 17.7 Å². The topological polar surface area (TPSA) is 71.8 Å². The molecule has 0 bridgehead atoms. The number of hydrogen-bond donors (Lipinski definition) is 1. The number of aliphatic carboxylic acids is 1. The molecule has 0 saturated carbocycles. The van der Waals surface area contributed by atoms with Crippen LogP contribution in [0, 0.1) is 0 Å². The number of thiazole rings is 1. The van der Waals surface area contributed by atoms with Gasteiger partial charge in [0.25, 0.3) is 0 Å². The van der Waals surface area contributed by atoms with Gasteiger partial charge in [0.2, 0.25) is 0 Å². The highest BCUT2D eigenvalue weighted by atomic mass is 32.1. The Hall–Kier alpha value is -3.46. The van der Waals surface area contributed by atoms with Crippen molar-refractivity contribution in [1.82, 2.24) is 4.98 Å². The van der Waals surface area contributed by atoms with Crippen molar-refractivity contribution in [2.75, 3.05) is 0 Å². The van der Waals surface area contributed by atoms with E-state index >= 15 is 0 Å². The number of carbonyl (C=O) groups is 1. The minimum atomic E-state index is -4.39. The number of allylic oxidation sites excluding steroid dienone is 3. The van der Waals surface area contributed by atoms with Gasteiger partial charge < -0.3 is 9.84 Å². The van der Waals surface area contributed by atoms with Crippen LogP contribution in [-0.4, -0.2) is 27.4 Å². The minimum absolute atomic E-state index is 0.451. The molecular weight excluding hydrogens is 477 g/mol. The summed E-state index contributed by atoms with van der Waals surface area (Å²) in [5, 5.41) is 10.1. The van der Waals surface area contributed by atoms with E-state index in [9.17, 15) is 23.1 Å². The smallest absolute Gasteiger partial charge is 0.416 e. The molecule has 182 valence electrons. The van der Waals surface area contributed by atoms with Gasteiger partial charge in [-0.15, -0.1) is 11.3 Å². The summed E-state index contributed by atoms with van der Waals surface area (Å²) in [5.74, 6) is -0.605. The van der Waals surface area contributed by atoms with Gasteiger partial charge in [0.1, 0.15) is 5.75 Å². The van der Waals surface area contributed by atoms with Crippen LogP contribution in [0.2, 0.25) is 0 Å². The van der Waals surface area contributed by atoms with Gasteiger partial charge in [-0.25, -0.2) is 9.78 Å². The van der Waals surface area contributed by atoms with Crippen LogP contribution in [0.5, 0.6) is 5.75 Å². The minimum Gasteiger partial charge on any atom is -0.478 e. The number of rotatable bonds is 6. The molecule has 2 heterocycles. The second-order valence-corrected chi connectivity index (χ2v) is 9.95. The van der Waals surface area contributed by atoms with E-state index in [-0.39, 0.29) is 0 Å². The highest BCUT2D eigenvalue weighted by Gasteiger charge is 2.31. The summed E-state index contributed by atoms with van der Waals surface area (Å²) < 4.78 is 45.1. The third kappa shape index (κ3) is 5.30. The summed E-state index contributed by atoms with van der Waals surface area (Å²) in [6, 6.07) is 10.2. The summed E-state index contributed by atoms with van der Waals surface area (Å²) in [7, 11) is 0. The predicted molar refractivity (Wildman–Crippen MR) is 130 cm³/mol. The van der Waals surface area contributed by atoms with Crippen molar-refractivity contribution in [2.45, 2.75) is 45.4 Å². The van der Waals surface area contributed by atoms with E-state index in [2.05, 4.69) is 16.6 Å². The maximum Gasteiger partial charge on any atom is 0.416 e. The van der Waals surface area contributed by atoms with E-state index < -0.39 is 23.3 Å². The third-order valence-corrected chi connectivity index (χ3v) is 6.71. The Labute approximate surface area is 204 Å².